The Labute approximate surface area is 122 Å². The molecule has 21 heavy (non-hydrogen) atoms. The molecule has 2 rings (SSSR count). The van der Waals surface area contributed by atoms with Crippen molar-refractivity contribution >= 4 is 0 Å². The van der Waals surface area contributed by atoms with Gasteiger partial charge in [0.15, 0.2) is 0 Å². The molecule has 7 nitrogen and oxygen atoms in total. The fourth-order valence-corrected chi connectivity index (χ4v) is 2.49. The van der Waals surface area contributed by atoms with Gasteiger partial charge in [0.25, 0.3) is 0 Å². The van der Waals surface area contributed by atoms with Gasteiger partial charge in [-0.05, 0) is 12.1 Å². The first-order chi connectivity index (χ1) is 10.1. The molecule has 0 radical (unpaired) electrons. The standard InChI is InChI=1S/C14H21NO6/c16-8-10-11(17)12(18)13(19)14(20)15(10)6-7-21-9-4-2-1-3-5-9/h1-5,10-14,16-20H,6-8H2/t10-,11-,12+,13-,14?/m1/s1. The van der Waals surface area contributed by atoms with Gasteiger partial charge in [-0.25, -0.2) is 0 Å². The van der Waals surface area contributed by atoms with Gasteiger partial charge in [-0.1, -0.05) is 18.2 Å². The molecular weight excluding hydrogens is 278 g/mol. The average molecular weight is 299 g/mol. The van der Waals surface area contributed by atoms with E-state index < -0.39 is 37.2 Å². The van der Waals surface area contributed by atoms with Crippen LogP contribution in [0.15, 0.2) is 30.3 Å². The molecule has 1 unspecified atom stereocenters. The van der Waals surface area contributed by atoms with Gasteiger partial charge in [0.1, 0.15) is 36.9 Å². The number of hydrogen-bond donors (Lipinski definition) is 5. The van der Waals surface area contributed by atoms with Crippen LogP contribution >= 0.6 is 0 Å². The van der Waals surface area contributed by atoms with Crippen molar-refractivity contribution in [2.45, 2.75) is 30.6 Å². The average Bonchev–Trinajstić information content (AvgIpc) is 2.51. The molecule has 0 aliphatic carbocycles. The number of aliphatic hydroxyl groups excluding tert-OH is 5. The molecule has 0 bridgehead atoms. The van der Waals surface area contributed by atoms with Gasteiger partial charge in [0, 0.05) is 6.54 Å². The molecule has 0 amide bonds. The third-order valence-corrected chi connectivity index (χ3v) is 3.71. The number of nitrogens with zero attached hydrogens (tertiary/aromatic N) is 1. The Morgan fingerprint density at radius 2 is 1.62 bits per heavy atom. The van der Waals surface area contributed by atoms with Crippen molar-refractivity contribution in [3.63, 3.8) is 0 Å². The summed E-state index contributed by atoms with van der Waals surface area (Å²) in [4.78, 5) is 1.32. The molecule has 5 atom stereocenters. The molecular formula is C14H21NO6. The summed E-state index contributed by atoms with van der Waals surface area (Å²) in [6, 6.07) is 8.21. The highest BCUT2D eigenvalue weighted by molar-refractivity contribution is 5.20. The lowest BCUT2D eigenvalue weighted by atomic mass is 9.93. The highest BCUT2D eigenvalue weighted by Gasteiger charge is 2.46. The van der Waals surface area contributed by atoms with Gasteiger partial charge in [-0.3, -0.25) is 4.90 Å². The Morgan fingerprint density at radius 1 is 0.952 bits per heavy atom. The van der Waals surface area contributed by atoms with Crippen LogP contribution in [0.25, 0.3) is 0 Å². The summed E-state index contributed by atoms with van der Waals surface area (Å²) in [5.74, 6) is 0.658. The zero-order chi connectivity index (χ0) is 15.4. The lowest BCUT2D eigenvalue weighted by molar-refractivity contribution is -0.223. The largest absolute Gasteiger partial charge is 0.492 e. The summed E-state index contributed by atoms with van der Waals surface area (Å²) in [7, 11) is 0. The van der Waals surface area contributed by atoms with Crippen LogP contribution in [0.3, 0.4) is 0 Å². The molecule has 0 saturated carbocycles. The van der Waals surface area contributed by atoms with Crippen LogP contribution in [0, 0.1) is 0 Å². The molecule has 118 valence electrons. The van der Waals surface area contributed by atoms with Crippen LogP contribution in [0.5, 0.6) is 5.75 Å². The third-order valence-electron chi connectivity index (χ3n) is 3.71. The topological polar surface area (TPSA) is 114 Å². The zero-order valence-corrected chi connectivity index (χ0v) is 11.5. The highest BCUT2D eigenvalue weighted by Crippen LogP contribution is 2.23. The van der Waals surface area contributed by atoms with Crippen molar-refractivity contribution in [1.29, 1.82) is 0 Å². The maximum Gasteiger partial charge on any atom is 0.136 e. The van der Waals surface area contributed by atoms with E-state index in [1.807, 2.05) is 18.2 Å². The monoisotopic (exact) mass is 299 g/mol. The number of benzene rings is 1. The zero-order valence-electron chi connectivity index (χ0n) is 11.5. The van der Waals surface area contributed by atoms with Crippen molar-refractivity contribution in [2.24, 2.45) is 0 Å². The minimum Gasteiger partial charge on any atom is -0.492 e. The van der Waals surface area contributed by atoms with E-state index in [9.17, 15) is 25.5 Å². The van der Waals surface area contributed by atoms with Crippen LogP contribution in [0.2, 0.25) is 0 Å². The molecule has 1 aliphatic rings. The van der Waals surface area contributed by atoms with E-state index in [2.05, 4.69) is 0 Å². The van der Waals surface area contributed by atoms with E-state index in [0.29, 0.717) is 5.75 Å². The summed E-state index contributed by atoms with van der Waals surface area (Å²) in [6.45, 7) is -0.0669. The molecule has 1 fully saturated rings. The fraction of sp³-hybridized carbons (Fsp3) is 0.571. The molecule has 1 heterocycles. The van der Waals surface area contributed by atoms with Crippen LogP contribution in [-0.4, -0.2) is 80.8 Å². The number of aliphatic hydroxyl groups is 5. The maximum absolute atomic E-state index is 9.96. The second-order valence-corrected chi connectivity index (χ2v) is 5.03. The van der Waals surface area contributed by atoms with E-state index >= 15 is 0 Å². The Bertz CT molecular complexity index is 431. The Kier molecular flexibility index (Phi) is 5.51. The Balaban J connectivity index is 1.96. The first kappa shape index (κ1) is 16.2. The summed E-state index contributed by atoms with van der Waals surface area (Å²) in [6.07, 6.45) is -5.71. The molecule has 1 saturated heterocycles. The Morgan fingerprint density at radius 3 is 2.24 bits per heavy atom. The number of para-hydroxylation sites is 1. The van der Waals surface area contributed by atoms with E-state index in [1.165, 1.54) is 4.90 Å². The highest BCUT2D eigenvalue weighted by atomic mass is 16.5. The first-order valence-electron chi connectivity index (χ1n) is 6.83. The van der Waals surface area contributed by atoms with Crippen molar-refractivity contribution in [2.75, 3.05) is 19.8 Å². The van der Waals surface area contributed by atoms with Crippen molar-refractivity contribution < 1.29 is 30.3 Å². The first-order valence-corrected chi connectivity index (χ1v) is 6.83. The predicted octanol–water partition coefficient (Wildman–Crippen LogP) is -1.86. The normalized spacial score (nSPS) is 33.9. The quantitative estimate of drug-likeness (QED) is 0.433. The molecule has 5 N–H and O–H groups in total. The third kappa shape index (κ3) is 3.52. The maximum atomic E-state index is 9.96. The number of piperidine rings is 1. The summed E-state index contributed by atoms with van der Waals surface area (Å²) in [5, 5.41) is 48.4. The second kappa shape index (κ2) is 7.17. The van der Waals surface area contributed by atoms with Gasteiger partial charge < -0.3 is 30.3 Å². The van der Waals surface area contributed by atoms with Gasteiger partial charge in [0.2, 0.25) is 0 Å². The summed E-state index contributed by atoms with van der Waals surface area (Å²) in [5.41, 5.74) is 0. The van der Waals surface area contributed by atoms with Gasteiger partial charge >= 0.3 is 0 Å². The number of rotatable bonds is 5. The lowest BCUT2D eigenvalue weighted by Crippen LogP contribution is -2.67. The van der Waals surface area contributed by atoms with E-state index in [4.69, 9.17) is 4.74 Å². The van der Waals surface area contributed by atoms with Gasteiger partial charge in [-0.2, -0.15) is 0 Å². The number of hydrogen-bond acceptors (Lipinski definition) is 7. The van der Waals surface area contributed by atoms with Crippen LogP contribution in [0.4, 0.5) is 0 Å². The number of ether oxygens (including phenoxy) is 1. The van der Waals surface area contributed by atoms with E-state index in [-0.39, 0.29) is 13.2 Å². The van der Waals surface area contributed by atoms with Crippen molar-refractivity contribution in [3.8, 4) is 5.75 Å². The molecule has 7 heteroatoms. The molecule has 0 spiro atoms. The second-order valence-electron chi connectivity index (χ2n) is 5.03. The predicted molar refractivity (Wildman–Crippen MR) is 73.5 cm³/mol. The molecule has 1 aromatic rings. The van der Waals surface area contributed by atoms with Gasteiger partial charge in [-0.15, -0.1) is 0 Å². The SMILES string of the molecule is OC[C@@H]1[C@@H](O)[C@H](O)[C@@H](O)C(O)N1CCOc1ccccc1. The Hall–Kier alpha value is -1.22. The van der Waals surface area contributed by atoms with E-state index in [0.717, 1.165) is 0 Å². The number of likely N-dealkylation sites (tertiary alicyclic amines) is 1. The van der Waals surface area contributed by atoms with Gasteiger partial charge in [0.05, 0.1) is 12.6 Å². The lowest BCUT2D eigenvalue weighted by Gasteiger charge is -2.46. The summed E-state index contributed by atoms with van der Waals surface area (Å²) >= 11 is 0. The fourth-order valence-electron chi connectivity index (χ4n) is 2.49. The van der Waals surface area contributed by atoms with E-state index in [1.54, 1.807) is 12.1 Å². The minimum absolute atomic E-state index is 0.183. The molecule has 1 aliphatic heterocycles. The summed E-state index contributed by atoms with van der Waals surface area (Å²) < 4.78 is 5.49. The van der Waals surface area contributed by atoms with Crippen molar-refractivity contribution in [1.82, 2.24) is 4.90 Å². The van der Waals surface area contributed by atoms with Crippen LogP contribution in [0.1, 0.15) is 0 Å². The minimum atomic E-state index is -1.50. The molecule has 1 aromatic carbocycles. The molecule has 0 aromatic heterocycles. The van der Waals surface area contributed by atoms with Crippen LogP contribution < -0.4 is 4.74 Å². The van der Waals surface area contributed by atoms with Crippen LogP contribution in [-0.2, 0) is 0 Å². The smallest absolute Gasteiger partial charge is 0.136 e. The van der Waals surface area contributed by atoms with Crippen molar-refractivity contribution in [3.05, 3.63) is 30.3 Å².